The number of hydrogen-bond donors (Lipinski definition) is 2. The van der Waals surface area contributed by atoms with E-state index in [1.54, 1.807) is 13.3 Å². The first-order valence-electron chi connectivity index (χ1n) is 8.26. The Balaban J connectivity index is 1.60. The minimum Gasteiger partial charge on any atom is -0.481 e. The van der Waals surface area contributed by atoms with Crippen molar-refractivity contribution in [1.82, 2.24) is 9.88 Å². The van der Waals surface area contributed by atoms with Crippen LogP contribution in [0.3, 0.4) is 0 Å². The van der Waals surface area contributed by atoms with E-state index in [1.165, 1.54) is 0 Å². The molecule has 0 saturated carbocycles. The van der Waals surface area contributed by atoms with E-state index in [-0.39, 0.29) is 12.2 Å². The molecule has 3 rings (SSSR count). The molecule has 2 N–H and O–H groups in total. The van der Waals surface area contributed by atoms with Gasteiger partial charge in [0.05, 0.1) is 31.5 Å². The summed E-state index contributed by atoms with van der Waals surface area (Å²) >= 11 is 0. The van der Waals surface area contributed by atoms with Gasteiger partial charge < -0.3 is 19.7 Å². The van der Waals surface area contributed by atoms with Crippen molar-refractivity contribution in [2.75, 3.05) is 33.4 Å². The first kappa shape index (κ1) is 16.6. The molecule has 0 aromatic carbocycles. The van der Waals surface area contributed by atoms with E-state index >= 15 is 0 Å². The summed E-state index contributed by atoms with van der Waals surface area (Å²) in [4.78, 5) is 6.60. The van der Waals surface area contributed by atoms with Crippen LogP contribution in [0.5, 0.6) is 5.88 Å². The third-order valence-corrected chi connectivity index (χ3v) is 5.13. The number of nitrogens with zero attached hydrogens (tertiary/aromatic N) is 2. The number of aliphatic hydroxyl groups excluding tert-OH is 1. The van der Waals surface area contributed by atoms with Crippen LogP contribution in [0.4, 0.5) is 0 Å². The van der Waals surface area contributed by atoms with E-state index in [1.807, 2.05) is 12.1 Å². The molecule has 1 aromatic heterocycles. The Bertz CT molecular complexity index is 531. The highest BCUT2D eigenvalue weighted by Gasteiger charge is 2.46. The molecule has 2 aliphatic heterocycles. The third kappa shape index (κ3) is 3.66. The van der Waals surface area contributed by atoms with Crippen molar-refractivity contribution in [3.8, 4) is 5.88 Å². The molecule has 1 aromatic rings. The van der Waals surface area contributed by atoms with Gasteiger partial charge in [-0.1, -0.05) is 6.07 Å². The number of piperidine rings is 1. The number of ether oxygens (including phenoxy) is 2. The van der Waals surface area contributed by atoms with E-state index in [0.717, 1.165) is 38.0 Å². The quantitative estimate of drug-likeness (QED) is 0.860. The number of methoxy groups -OCH3 is 1. The van der Waals surface area contributed by atoms with Gasteiger partial charge >= 0.3 is 0 Å². The molecule has 1 unspecified atom stereocenters. The van der Waals surface area contributed by atoms with Crippen LogP contribution in [0.2, 0.25) is 0 Å². The number of likely N-dealkylation sites (tertiary alicyclic amines) is 1. The maximum Gasteiger partial charge on any atom is 0.217 e. The zero-order chi connectivity index (χ0) is 16.3. The molecule has 2 aliphatic rings. The molecule has 128 valence electrons. The standard InChI is InChI=1S/C17H26N2O4/c1-22-15-14(3-2-7-18-15)11-19-8-4-17(5-9-19)12-16(21,13-20)6-10-23-17/h2-3,7,20-21H,4-6,8-13H2,1H3. The minimum atomic E-state index is -0.979. The second-order valence-corrected chi connectivity index (χ2v) is 6.79. The molecule has 0 bridgehead atoms. The van der Waals surface area contributed by atoms with Crippen molar-refractivity contribution < 1.29 is 19.7 Å². The van der Waals surface area contributed by atoms with Gasteiger partial charge in [-0.3, -0.25) is 4.90 Å². The normalized spacial score (nSPS) is 28.0. The van der Waals surface area contributed by atoms with Crippen molar-refractivity contribution in [1.29, 1.82) is 0 Å². The second-order valence-electron chi connectivity index (χ2n) is 6.79. The molecule has 2 fully saturated rings. The molecule has 1 spiro atoms. The fourth-order valence-corrected chi connectivity index (χ4v) is 3.74. The SMILES string of the molecule is COc1ncccc1CN1CCC2(CC1)CC(O)(CO)CCO2. The molecule has 0 amide bonds. The monoisotopic (exact) mass is 322 g/mol. The number of aromatic nitrogens is 1. The summed E-state index contributed by atoms with van der Waals surface area (Å²) in [5.41, 5.74) is -0.180. The summed E-state index contributed by atoms with van der Waals surface area (Å²) < 4.78 is 11.3. The van der Waals surface area contributed by atoms with Gasteiger partial charge in [-0.15, -0.1) is 0 Å². The topological polar surface area (TPSA) is 75.1 Å². The van der Waals surface area contributed by atoms with Gasteiger partial charge in [0.2, 0.25) is 5.88 Å². The fraction of sp³-hybridized carbons (Fsp3) is 0.706. The molecule has 0 aliphatic carbocycles. The lowest BCUT2D eigenvalue weighted by molar-refractivity contribution is -0.189. The second kappa shape index (κ2) is 6.73. The van der Waals surface area contributed by atoms with E-state index in [9.17, 15) is 10.2 Å². The Labute approximate surface area is 137 Å². The van der Waals surface area contributed by atoms with Crippen molar-refractivity contribution in [2.45, 2.75) is 43.4 Å². The van der Waals surface area contributed by atoms with Crippen LogP contribution in [0.25, 0.3) is 0 Å². The van der Waals surface area contributed by atoms with Gasteiger partial charge in [-0.25, -0.2) is 4.98 Å². The Hall–Kier alpha value is -1.21. The van der Waals surface area contributed by atoms with Crippen molar-refractivity contribution >= 4 is 0 Å². The number of hydrogen-bond acceptors (Lipinski definition) is 6. The van der Waals surface area contributed by atoms with Crippen LogP contribution in [0.15, 0.2) is 18.3 Å². The maximum absolute atomic E-state index is 10.4. The number of aliphatic hydroxyl groups is 2. The van der Waals surface area contributed by atoms with Crippen LogP contribution in [-0.4, -0.2) is 64.7 Å². The van der Waals surface area contributed by atoms with Crippen LogP contribution in [0.1, 0.15) is 31.2 Å². The van der Waals surface area contributed by atoms with E-state index in [0.29, 0.717) is 25.3 Å². The van der Waals surface area contributed by atoms with E-state index < -0.39 is 5.60 Å². The first-order chi connectivity index (χ1) is 11.1. The van der Waals surface area contributed by atoms with Crippen LogP contribution in [-0.2, 0) is 11.3 Å². The van der Waals surface area contributed by atoms with Gasteiger partial charge in [0, 0.05) is 44.2 Å². The molecule has 3 heterocycles. The van der Waals surface area contributed by atoms with Gasteiger partial charge in [0.1, 0.15) is 0 Å². The molecule has 1 atom stereocenters. The summed E-state index contributed by atoms with van der Waals surface area (Å²) in [5.74, 6) is 0.677. The van der Waals surface area contributed by atoms with Crippen molar-refractivity contribution in [3.05, 3.63) is 23.9 Å². The Morgan fingerprint density at radius 1 is 1.35 bits per heavy atom. The van der Waals surface area contributed by atoms with Crippen LogP contribution in [0, 0.1) is 0 Å². The Morgan fingerprint density at radius 2 is 2.13 bits per heavy atom. The number of rotatable bonds is 4. The highest BCUT2D eigenvalue weighted by atomic mass is 16.5. The van der Waals surface area contributed by atoms with Gasteiger partial charge in [-0.05, 0) is 18.9 Å². The largest absolute Gasteiger partial charge is 0.481 e. The average Bonchev–Trinajstić information content (AvgIpc) is 2.58. The van der Waals surface area contributed by atoms with Crippen molar-refractivity contribution in [3.63, 3.8) is 0 Å². The van der Waals surface area contributed by atoms with Gasteiger partial charge in [0.25, 0.3) is 0 Å². The summed E-state index contributed by atoms with van der Waals surface area (Å²) in [7, 11) is 1.64. The average molecular weight is 322 g/mol. The predicted octanol–water partition coefficient (Wildman–Crippen LogP) is 0.959. The maximum atomic E-state index is 10.4. The minimum absolute atomic E-state index is 0.186. The molecule has 6 heteroatoms. The molecule has 0 radical (unpaired) electrons. The summed E-state index contributed by atoms with van der Waals surface area (Å²) in [6.45, 7) is 2.94. The summed E-state index contributed by atoms with van der Waals surface area (Å²) in [6, 6.07) is 3.97. The molecule has 23 heavy (non-hydrogen) atoms. The zero-order valence-corrected chi connectivity index (χ0v) is 13.7. The highest BCUT2D eigenvalue weighted by Crippen LogP contribution is 2.39. The molecule has 6 nitrogen and oxygen atoms in total. The van der Waals surface area contributed by atoms with Crippen LogP contribution >= 0.6 is 0 Å². The van der Waals surface area contributed by atoms with Crippen molar-refractivity contribution in [2.24, 2.45) is 0 Å². The third-order valence-electron chi connectivity index (χ3n) is 5.13. The van der Waals surface area contributed by atoms with Gasteiger partial charge in [-0.2, -0.15) is 0 Å². The first-order valence-corrected chi connectivity index (χ1v) is 8.26. The highest BCUT2D eigenvalue weighted by molar-refractivity contribution is 5.25. The molecule has 2 saturated heterocycles. The lowest BCUT2D eigenvalue weighted by atomic mass is 9.77. The predicted molar refractivity (Wildman–Crippen MR) is 85.3 cm³/mol. The Kier molecular flexibility index (Phi) is 4.87. The zero-order valence-electron chi connectivity index (χ0n) is 13.7. The lowest BCUT2D eigenvalue weighted by Gasteiger charge is -2.48. The Morgan fingerprint density at radius 3 is 2.83 bits per heavy atom. The van der Waals surface area contributed by atoms with Gasteiger partial charge in [0.15, 0.2) is 0 Å². The summed E-state index contributed by atoms with van der Waals surface area (Å²) in [6.07, 6.45) is 4.53. The molecular formula is C17H26N2O4. The van der Waals surface area contributed by atoms with Crippen LogP contribution < -0.4 is 4.74 Å². The lowest BCUT2D eigenvalue weighted by Crippen LogP contribution is -2.55. The van der Waals surface area contributed by atoms with E-state index in [2.05, 4.69) is 9.88 Å². The fourth-order valence-electron chi connectivity index (χ4n) is 3.74. The molecular weight excluding hydrogens is 296 g/mol. The summed E-state index contributed by atoms with van der Waals surface area (Å²) in [5, 5.41) is 19.8. The smallest absolute Gasteiger partial charge is 0.217 e. The van der Waals surface area contributed by atoms with E-state index in [4.69, 9.17) is 9.47 Å². The number of pyridine rings is 1.